The third-order valence-electron chi connectivity index (χ3n) is 9.31. The van der Waals surface area contributed by atoms with Crippen molar-refractivity contribution in [2.24, 2.45) is 0 Å². The molecule has 48 heavy (non-hydrogen) atoms. The fourth-order valence-electron chi connectivity index (χ4n) is 5.69. The molecule has 0 aliphatic carbocycles. The van der Waals surface area contributed by atoms with Crippen molar-refractivity contribution in [3.63, 3.8) is 0 Å². The molecule has 0 saturated carbocycles. The van der Waals surface area contributed by atoms with E-state index in [0.717, 1.165) is 81.9 Å². The maximum absolute atomic E-state index is 14.7. The van der Waals surface area contributed by atoms with E-state index in [1.165, 1.54) is 5.56 Å². The summed E-state index contributed by atoms with van der Waals surface area (Å²) in [7, 11) is 0. The van der Waals surface area contributed by atoms with E-state index in [2.05, 4.69) is 88.3 Å². The van der Waals surface area contributed by atoms with Crippen molar-refractivity contribution in [1.29, 1.82) is 0 Å². The Morgan fingerprint density at radius 2 is 0.896 bits per heavy atom. The first kappa shape index (κ1) is 41.0. The van der Waals surface area contributed by atoms with Crippen molar-refractivity contribution < 1.29 is 28.5 Å². The monoisotopic (exact) mass is 666 g/mol. The number of hydrogen-bond donors (Lipinski definition) is 0. The highest BCUT2D eigenvalue weighted by Crippen LogP contribution is 2.48. The molecule has 6 heteroatoms. The van der Waals surface area contributed by atoms with Crippen molar-refractivity contribution in [3.05, 3.63) is 47.0 Å². The lowest BCUT2D eigenvalue weighted by Crippen LogP contribution is -2.23. The number of carbonyl (C=O) groups is 1. The van der Waals surface area contributed by atoms with E-state index in [0.29, 0.717) is 28.6 Å². The molecule has 0 spiro atoms. The topological polar surface area (TPSA) is 63.2 Å². The van der Waals surface area contributed by atoms with Gasteiger partial charge >= 0.3 is 0 Å². The second-order valence-electron chi connectivity index (χ2n) is 12.6. The molecule has 2 aromatic carbocycles. The van der Waals surface area contributed by atoms with Crippen LogP contribution in [0.4, 0.5) is 0 Å². The molecule has 0 aliphatic heterocycles. The van der Waals surface area contributed by atoms with Crippen molar-refractivity contribution in [1.82, 2.24) is 0 Å². The number of ketones is 1. The molecule has 0 aromatic heterocycles. The standard InChI is InChI=1S/C42H66O6/c1-12-29-23-26-37(44-31(13-2)14-3)30(27-29)24-25-36(43)40-41(47-34(19-8)20-9)38(45-32(15-4)16-5)28-39(46-33(17-6)18-7)42(40)48-35(21-10)22-11/h23-28,31-35H,12-22H2,1-11H3. The minimum absolute atomic E-state index is 0.0408. The zero-order chi connectivity index (χ0) is 35.6. The van der Waals surface area contributed by atoms with Crippen LogP contribution in [-0.4, -0.2) is 36.3 Å². The zero-order valence-corrected chi connectivity index (χ0v) is 32.1. The number of carbonyl (C=O) groups excluding carboxylic acids is 1. The summed E-state index contributed by atoms with van der Waals surface area (Å²) in [5.74, 6) is 2.46. The van der Waals surface area contributed by atoms with Gasteiger partial charge in [0.25, 0.3) is 0 Å². The summed E-state index contributed by atoms with van der Waals surface area (Å²) in [6.07, 6.45) is 12.5. The zero-order valence-electron chi connectivity index (χ0n) is 32.1. The van der Waals surface area contributed by atoms with Crippen molar-refractivity contribution >= 4 is 11.9 Å². The number of benzene rings is 2. The first-order valence-electron chi connectivity index (χ1n) is 19.1. The molecule has 0 heterocycles. The number of ether oxygens (including phenoxy) is 5. The maximum atomic E-state index is 14.7. The molecule has 0 N–H and O–H groups in total. The Morgan fingerprint density at radius 1 is 0.521 bits per heavy atom. The first-order valence-corrected chi connectivity index (χ1v) is 19.1. The van der Waals surface area contributed by atoms with E-state index in [1.807, 2.05) is 18.2 Å². The smallest absolute Gasteiger partial charge is 0.193 e. The van der Waals surface area contributed by atoms with Crippen molar-refractivity contribution in [3.8, 4) is 28.7 Å². The van der Waals surface area contributed by atoms with Gasteiger partial charge in [-0.25, -0.2) is 0 Å². The molecule has 0 saturated heterocycles. The van der Waals surface area contributed by atoms with Crippen LogP contribution in [0.1, 0.15) is 162 Å². The lowest BCUT2D eigenvalue weighted by atomic mass is 10.0. The van der Waals surface area contributed by atoms with Gasteiger partial charge in [-0.3, -0.25) is 4.79 Å². The van der Waals surface area contributed by atoms with Gasteiger partial charge in [-0.05, 0) is 100 Å². The van der Waals surface area contributed by atoms with Crippen LogP contribution in [0.25, 0.3) is 6.08 Å². The fraction of sp³-hybridized carbons (Fsp3) is 0.643. The van der Waals surface area contributed by atoms with E-state index in [1.54, 1.807) is 6.08 Å². The first-order chi connectivity index (χ1) is 23.2. The summed E-state index contributed by atoms with van der Waals surface area (Å²) in [5, 5.41) is 0. The number of hydrogen-bond acceptors (Lipinski definition) is 6. The summed E-state index contributed by atoms with van der Waals surface area (Å²) in [6.45, 7) is 23.3. The normalized spacial score (nSPS) is 11.8. The average molecular weight is 667 g/mol. The summed E-state index contributed by atoms with van der Waals surface area (Å²) in [6, 6.07) is 8.13. The van der Waals surface area contributed by atoms with Gasteiger partial charge in [-0.15, -0.1) is 0 Å². The van der Waals surface area contributed by atoms with E-state index >= 15 is 0 Å². The molecule has 0 atom stereocenters. The van der Waals surface area contributed by atoms with Crippen LogP contribution in [0.3, 0.4) is 0 Å². The van der Waals surface area contributed by atoms with E-state index in [9.17, 15) is 4.79 Å². The van der Waals surface area contributed by atoms with E-state index in [-0.39, 0.29) is 36.3 Å². The molecule has 270 valence electrons. The number of aryl methyl sites for hydroxylation is 1. The third-order valence-corrected chi connectivity index (χ3v) is 9.31. The second kappa shape index (κ2) is 21.7. The molecule has 0 radical (unpaired) electrons. The highest BCUT2D eigenvalue weighted by atomic mass is 16.5. The third kappa shape index (κ3) is 11.5. The van der Waals surface area contributed by atoms with Crippen LogP contribution in [-0.2, 0) is 6.42 Å². The molecule has 2 aromatic rings. The van der Waals surface area contributed by atoms with Gasteiger partial charge in [-0.2, -0.15) is 0 Å². The van der Waals surface area contributed by atoms with E-state index in [4.69, 9.17) is 23.7 Å². The summed E-state index contributed by atoms with van der Waals surface area (Å²) in [4.78, 5) is 14.7. The average Bonchev–Trinajstić information content (AvgIpc) is 3.12. The lowest BCUT2D eigenvalue weighted by Gasteiger charge is -2.28. The Bertz CT molecular complexity index is 1200. The molecule has 0 bridgehead atoms. The fourth-order valence-corrected chi connectivity index (χ4v) is 5.69. The number of allylic oxidation sites excluding steroid dienone is 1. The summed E-state index contributed by atoms with van der Waals surface area (Å²) < 4.78 is 33.2. The van der Waals surface area contributed by atoms with Crippen LogP contribution >= 0.6 is 0 Å². The Labute approximate surface area is 292 Å². The minimum Gasteiger partial charge on any atom is -0.490 e. The minimum atomic E-state index is -0.225. The quantitative estimate of drug-likeness (QED) is 0.0820. The molecule has 2 rings (SSSR count). The molecular weight excluding hydrogens is 600 g/mol. The molecule has 0 amide bonds. The van der Waals surface area contributed by atoms with Gasteiger partial charge in [0, 0.05) is 11.6 Å². The van der Waals surface area contributed by atoms with Gasteiger partial charge in [0.2, 0.25) is 0 Å². The van der Waals surface area contributed by atoms with Gasteiger partial charge < -0.3 is 23.7 Å². The SMILES string of the molecule is CCc1ccc(OC(CC)CC)c(C=CC(=O)c2c(OC(CC)CC)c(OC(CC)CC)cc(OC(CC)CC)c2OC(CC)CC)c1. The predicted octanol–water partition coefficient (Wildman–Crippen LogP) is 12.0. The highest BCUT2D eigenvalue weighted by molar-refractivity contribution is 6.12. The van der Waals surface area contributed by atoms with Crippen molar-refractivity contribution in [2.45, 2.75) is 177 Å². The van der Waals surface area contributed by atoms with Gasteiger partial charge in [0.05, 0.1) is 30.5 Å². The van der Waals surface area contributed by atoms with Crippen LogP contribution in [0.2, 0.25) is 0 Å². The summed E-state index contributed by atoms with van der Waals surface area (Å²) in [5.41, 5.74) is 2.40. The molecule has 6 nitrogen and oxygen atoms in total. The molecular formula is C42H66O6. The maximum Gasteiger partial charge on any atom is 0.193 e. The Morgan fingerprint density at radius 3 is 1.27 bits per heavy atom. The van der Waals surface area contributed by atoms with Crippen LogP contribution < -0.4 is 23.7 Å². The van der Waals surface area contributed by atoms with Gasteiger partial charge in [0.15, 0.2) is 28.8 Å². The van der Waals surface area contributed by atoms with Gasteiger partial charge in [-0.1, -0.05) is 82.2 Å². The Balaban J connectivity index is 2.96. The van der Waals surface area contributed by atoms with Crippen LogP contribution in [0, 0.1) is 0 Å². The van der Waals surface area contributed by atoms with Crippen LogP contribution in [0.15, 0.2) is 30.3 Å². The number of rotatable bonds is 24. The Hall–Kier alpha value is -3.15. The predicted molar refractivity (Wildman–Crippen MR) is 201 cm³/mol. The van der Waals surface area contributed by atoms with Crippen molar-refractivity contribution in [2.75, 3.05) is 0 Å². The lowest BCUT2D eigenvalue weighted by molar-refractivity contribution is 0.101. The Kier molecular flexibility index (Phi) is 18.6. The van der Waals surface area contributed by atoms with E-state index < -0.39 is 0 Å². The largest absolute Gasteiger partial charge is 0.490 e. The second-order valence-corrected chi connectivity index (χ2v) is 12.6. The molecule has 0 fully saturated rings. The van der Waals surface area contributed by atoms with Crippen LogP contribution in [0.5, 0.6) is 28.7 Å². The van der Waals surface area contributed by atoms with Gasteiger partial charge in [0.1, 0.15) is 11.3 Å². The molecule has 0 unspecified atom stereocenters. The molecule has 0 aliphatic rings. The summed E-state index contributed by atoms with van der Waals surface area (Å²) >= 11 is 0. The highest BCUT2D eigenvalue weighted by Gasteiger charge is 2.31.